The molecule has 20 heavy (non-hydrogen) atoms. The van der Waals surface area contributed by atoms with Crippen molar-refractivity contribution in [2.45, 2.75) is 46.1 Å². The Kier molecular flexibility index (Phi) is 5.35. The zero-order chi connectivity index (χ0) is 15.6. The summed E-state index contributed by atoms with van der Waals surface area (Å²) in [5, 5.41) is 9.13. The van der Waals surface area contributed by atoms with Crippen LogP contribution in [0.15, 0.2) is 23.1 Å². The summed E-state index contributed by atoms with van der Waals surface area (Å²) in [6.07, 6.45) is 0. The molecule has 5 heteroatoms. The molecule has 0 saturated heterocycles. The summed E-state index contributed by atoms with van der Waals surface area (Å²) in [6, 6.07) is 4.97. The number of aliphatic hydroxyl groups is 1. The van der Waals surface area contributed by atoms with E-state index in [1.165, 1.54) is 6.07 Å². The van der Waals surface area contributed by atoms with E-state index in [0.717, 1.165) is 0 Å². The molecule has 0 radical (unpaired) electrons. The second-order valence-electron chi connectivity index (χ2n) is 6.38. The van der Waals surface area contributed by atoms with E-state index in [0.29, 0.717) is 17.7 Å². The Morgan fingerprint density at radius 3 is 2.40 bits per heavy atom. The lowest BCUT2D eigenvalue weighted by Crippen LogP contribution is -2.34. The fraction of sp³-hybridized carbons (Fsp3) is 0.600. The Bertz CT molecular complexity index is 559. The predicted molar refractivity (Wildman–Crippen MR) is 80.9 cm³/mol. The van der Waals surface area contributed by atoms with Crippen LogP contribution in [-0.2, 0) is 16.6 Å². The van der Waals surface area contributed by atoms with Crippen molar-refractivity contribution in [2.24, 2.45) is 11.3 Å². The third kappa shape index (κ3) is 4.30. The Morgan fingerprint density at radius 1 is 1.30 bits per heavy atom. The van der Waals surface area contributed by atoms with Crippen LogP contribution in [0.1, 0.15) is 38.8 Å². The first-order valence-electron chi connectivity index (χ1n) is 6.78. The zero-order valence-electron chi connectivity index (χ0n) is 12.9. The van der Waals surface area contributed by atoms with Gasteiger partial charge in [0.2, 0.25) is 10.0 Å². The Labute approximate surface area is 122 Å². The van der Waals surface area contributed by atoms with Crippen molar-refractivity contribution >= 4 is 10.0 Å². The van der Waals surface area contributed by atoms with Gasteiger partial charge in [-0.3, -0.25) is 0 Å². The van der Waals surface area contributed by atoms with E-state index in [1.807, 2.05) is 6.92 Å². The third-order valence-electron chi connectivity index (χ3n) is 3.78. The molecule has 1 aromatic rings. The lowest BCUT2D eigenvalue weighted by Gasteiger charge is -2.27. The smallest absolute Gasteiger partial charge is 0.240 e. The maximum Gasteiger partial charge on any atom is 0.240 e. The lowest BCUT2D eigenvalue weighted by molar-refractivity contribution is 0.263. The highest BCUT2D eigenvalue weighted by Gasteiger charge is 2.23. The van der Waals surface area contributed by atoms with Gasteiger partial charge in [-0.2, -0.15) is 0 Å². The lowest BCUT2D eigenvalue weighted by atomic mass is 9.82. The first-order chi connectivity index (χ1) is 9.08. The van der Waals surface area contributed by atoms with E-state index in [-0.39, 0.29) is 22.8 Å². The van der Waals surface area contributed by atoms with Gasteiger partial charge in [-0.1, -0.05) is 39.8 Å². The molecular formula is C15H25NO3S. The second-order valence-corrected chi connectivity index (χ2v) is 8.11. The molecule has 2 N–H and O–H groups in total. The number of rotatable bonds is 5. The van der Waals surface area contributed by atoms with Crippen LogP contribution < -0.4 is 4.72 Å². The molecular weight excluding hydrogens is 274 g/mol. The molecule has 1 aromatic carbocycles. The number of nitrogens with one attached hydrogen (secondary N) is 1. The molecule has 0 bridgehead atoms. The van der Waals surface area contributed by atoms with E-state index in [9.17, 15) is 8.42 Å². The maximum absolute atomic E-state index is 12.4. The monoisotopic (exact) mass is 299 g/mol. The number of sulfonamides is 1. The number of aryl methyl sites for hydroxylation is 1. The van der Waals surface area contributed by atoms with Crippen molar-refractivity contribution in [3.8, 4) is 0 Å². The van der Waals surface area contributed by atoms with Gasteiger partial charge in [-0.15, -0.1) is 0 Å². The van der Waals surface area contributed by atoms with Crippen LogP contribution in [0.2, 0.25) is 0 Å². The van der Waals surface area contributed by atoms with Crippen molar-refractivity contribution in [3.63, 3.8) is 0 Å². The number of aliphatic hydroxyl groups excluding tert-OH is 1. The van der Waals surface area contributed by atoms with E-state index < -0.39 is 10.0 Å². The third-order valence-corrected chi connectivity index (χ3v) is 5.35. The Hall–Kier alpha value is -0.910. The minimum Gasteiger partial charge on any atom is -0.392 e. The minimum absolute atomic E-state index is 0.0461. The number of hydrogen-bond acceptors (Lipinski definition) is 3. The molecule has 0 aliphatic rings. The van der Waals surface area contributed by atoms with Crippen LogP contribution in [0.5, 0.6) is 0 Å². The molecule has 0 amide bonds. The molecule has 0 aliphatic heterocycles. The summed E-state index contributed by atoms with van der Waals surface area (Å²) in [7, 11) is -3.54. The van der Waals surface area contributed by atoms with Crippen molar-refractivity contribution < 1.29 is 13.5 Å². The molecule has 1 unspecified atom stereocenters. The summed E-state index contributed by atoms with van der Waals surface area (Å²) in [6.45, 7) is 10.3. The van der Waals surface area contributed by atoms with Crippen LogP contribution in [0.3, 0.4) is 0 Å². The molecule has 0 heterocycles. The van der Waals surface area contributed by atoms with Crippen molar-refractivity contribution in [1.82, 2.24) is 4.72 Å². The van der Waals surface area contributed by atoms with E-state index in [4.69, 9.17) is 5.11 Å². The highest BCUT2D eigenvalue weighted by atomic mass is 32.2. The first kappa shape index (κ1) is 17.1. The van der Waals surface area contributed by atoms with Crippen molar-refractivity contribution in [2.75, 3.05) is 6.54 Å². The van der Waals surface area contributed by atoms with Crippen LogP contribution in [0.4, 0.5) is 0 Å². The molecule has 0 saturated carbocycles. The topological polar surface area (TPSA) is 66.4 Å². The first-order valence-corrected chi connectivity index (χ1v) is 8.26. The zero-order valence-corrected chi connectivity index (χ0v) is 13.7. The van der Waals surface area contributed by atoms with Crippen LogP contribution in [0.25, 0.3) is 0 Å². The van der Waals surface area contributed by atoms with E-state index in [1.54, 1.807) is 19.1 Å². The number of hydrogen-bond donors (Lipinski definition) is 2. The van der Waals surface area contributed by atoms with Crippen molar-refractivity contribution in [3.05, 3.63) is 29.3 Å². The van der Waals surface area contributed by atoms with Crippen LogP contribution in [0, 0.1) is 18.3 Å². The fourth-order valence-electron chi connectivity index (χ4n) is 1.65. The largest absolute Gasteiger partial charge is 0.392 e. The van der Waals surface area contributed by atoms with Gasteiger partial charge in [0.1, 0.15) is 0 Å². The highest BCUT2D eigenvalue weighted by Crippen LogP contribution is 2.25. The van der Waals surface area contributed by atoms with Crippen molar-refractivity contribution in [1.29, 1.82) is 0 Å². The molecule has 0 fully saturated rings. The van der Waals surface area contributed by atoms with Gasteiger partial charge in [-0.05, 0) is 35.4 Å². The molecule has 0 spiro atoms. The predicted octanol–water partition coefficient (Wildman–Crippen LogP) is 2.45. The van der Waals surface area contributed by atoms with Gasteiger partial charge in [-0.25, -0.2) is 13.1 Å². The van der Waals surface area contributed by atoms with Gasteiger partial charge in [0.25, 0.3) is 0 Å². The van der Waals surface area contributed by atoms with Crippen LogP contribution in [-0.4, -0.2) is 20.1 Å². The highest BCUT2D eigenvalue weighted by molar-refractivity contribution is 7.89. The standard InChI is InChI=1S/C15H25NO3S/c1-11-6-7-13(10-17)8-14(11)20(18,19)16-9-12(2)15(3,4)5/h6-8,12,16-17H,9-10H2,1-5H3. The summed E-state index contributed by atoms with van der Waals surface area (Å²) in [5.41, 5.74) is 1.32. The minimum atomic E-state index is -3.54. The average molecular weight is 299 g/mol. The molecule has 4 nitrogen and oxygen atoms in total. The van der Waals surface area contributed by atoms with Crippen LogP contribution >= 0.6 is 0 Å². The Morgan fingerprint density at radius 2 is 1.90 bits per heavy atom. The number of benzene rings is 1. The second kappa shape index (κ2) is 6.24. The van der Waals surface area contributed by atoms with Gasteiger partial charge in [0.05, 0.1) is 11.5 Å². The molecule has 1 atom stereocenters. The summed E-state index contributed by atoms with van der Waals surface area (Å²) in [4.78, 5) is 0.241. The summed E-state index contributed by atoms with van der Waals surface area (Å²) in [5.74, 6) is 0.221. The van der Waals surface area contributed by atoms with Gasteiger partial charge >= 0.3 is 0 Å². The van der Waals surface area contributed by atoms with E-state index in [2.05, 4.69) is 25.5 Å². The molecule has 114 valence electrons. The van der Waals surface area contributed by atoms with Gasteiger partial charge < -0.3 is 5.11 Å². The molecule has 1 rings (SSSR count). The molecule has 0 aromatic heterocycles. The normalized spacial score (nSPS) is 14.3. The van der Waals surface area contributed by atoms with E-state index >= 15 is 0 Å². The SMILES string of the molecule is Cc1ccc(CO)cc1S(=O)(=O)NCC(C)C(C)(C)C. The average Bonchev–Trinajstić information content (AvgIpc) is 2.35. The summed E-state index contributed by atoms with van der Waals surface area (Å²) >= 11 is 0. The van der Waals surface area contributed by atoms with Gasteiger partial charge in [0.15, 0.2) is 0 Å². The van der Waals surface area contributed by atoms with Gasteiger partial charge in [0, 0.05) is 6.54 Å². The molecule has 0 aliphatic carbocycles. The fourth-order valence-corrected chi connectivity index (χ4v) is 3.07. The Balaban J connectivity index is 2.95. The quantitative estimate of drug-likeness (QED) is 0.877. The summed E-state index contributed by atoms with van der Waals surface area (Å²) < 4.78 is 27.4. The maximum atomic E-state index is 12.4.